The van der Waals surface area contributed by atoms with E-state index in [1.165, 1.54) is 4.90 Å². The number of rotatable bonds is 7. The molecule has 2 aliphatic rings. The number of likely N-dealkylation sites (tertiary alicyclic amines) is 1. The summed E-state index contributed by atoms with van der Waals surface area (Å²) in [6.45, 7) is 1.81. The predicted molar refractivity (Wildman–Crippen MR) is 133 cm³/mol. The van der Waals surface area contributed by atoms with E-state index in [4.69, 9.17) is 0 Å². The van der Waals surface area contributed by atoms with Crippen LogP contribution in [0.2, 0.25) is 0 Å². The Morgan fingerprint density at radius 3 is 2.63 bits per heavy atom. The zero-order valence-electron chi connectivity index (χ0n) is 20.3. The summed E-state index contributed by atoms with van der Waals surface area (Å²) in [7, 11) is 1.79. The Bertz CT molecular complexity index is 1230. The maximum absolute atomic E-state index is 13.4. The Morgan fingerprint density at radius 1 is 1.17 bits per heavy atom. The monoisotopic (exact) mass is 500 g/mol. The number of β-amino-alcohol motifs (C(OH)–C–C–N with tert-alkyl or cyclic N) is 1. The first-order chi connectivity index (χ1) is 16.5. The molecule has 188 valence electrons. The average molecular weight is 501 g/mol. The van der Waals surface area contributed by atoms with Crippen LogP contribution < -0.4 is 4.72 Å². The standard InChI is InChI=1S/C25H32N4O5S/c1-27(2)25(32)19-6-4-5-18(13-19)23(15-29-10-9-21(30)14-29)28(3)24(31)12-17-7-8-20-16-35(33,34)26-22(20)11-17/h4-8,11,13,21,23,26,30H,9-10,12,14-16H2,1-3H3/t21-,23-/m1/s1. The molecule has 2 amide bonds. The quantitative estimate of drug-likeness (QED) is 0.596. The highest BCUT2D eigenvalue weighted by Crippen LogP contribution is 2.29. The van der Waals surface area contributed by atoms with Crippen LogP contribution in [0.15, 0.2) is 42.5 Å². The normalized spacial score (nSPS) is 19.6. The van der Waals surface area contributed by atoms with Crippen LogP contribution in [0, 0.1) is 0 Å². The highest BCUT2D eigenvalue weighted by molar-refractivity contribution is 7.92. The van der Waals surface area contributed by atoms with Crippen LogP contribution in [0.4, 0.5) is 5.69 Å². The van der Waals surface area contributed by atoms with E-state index in [1.807, 2.05) is 18.2 Å². The molecule has 0 aliphatic carbocycles. The van der Waals surface area contributed by atoms with Crippen molar-refractivity contribution >= 4 is 27.5 Å². The number of hydrogen-bond acceptors (Lipinski definition) is 6. The number of nitrogens with zero attached hydrogens (tertiary/aromatic N) is 3. The van der Waals surface area contributed by atoms with Crippen LogP contribution in [-0.4, -0.2) is 86.9 Å². The summed E-state index contributed by atoms with van der Waals surface area (Å²) in [6.07, 6.45) is 0.420. The Hall–Kier alpha value is -2.95. The van der Waals surface area contributed by atoms with E-state index in [9.17, 15) is 23.1 Å². The summed E-state index contributed by atoms with van der Waals surface area (Å²) in [6, 6.07) is 12.2. The summed E-state index contributed by atoms with van der Waals surface area (Å²) >= 11 is 0. The summed E-state index contributed by atoms with van der Waals surface area (Å²) in [5.41, 5.74) is 3.33. The molecule has 9 nitrogen and oxygen atoms in total. The van der Waals surface area contributed by atoms with Crippen LogP contribution in [0.1, 0.15) is 39.5 Å². The van der Waals surface area contributed by atoms with Gasteiger partial charge in [0.1, 0.15) is 0 Å². The number of likely N-dealkylation sites (N-methyl/N-ethyl adjacent to an activating group) is 1. The minimum absolute atomic E-state index is 0.0533. The largest absolute Gasteiger partial charge is 0.392 e. The summed E-state index contributed by atoms with van der Waals surface area (Å²) in [5, 5.41) is 10.00. The molecular formula is C25H32N4O5S. The number of hydrogen-bond donors (Lipinski definition) is 2. The third-order valence-corrected chi connectivity index (χ3v) is 7.83. The molecule has 0 bridgehead atoms. The lowest BCUT2D eigenvalue weighted by molar-refractivity contribution is -0.131. The van der Waals surface area contributed by atoms with Crippen molar-refractivity contribution in [2.75, 3.05) is 45.5 Å². The smallest absolute Gasteiger partial charge is 0.253 e. The second kappa shape index (κ2) is 9.96. The van der Waals surface area contributed by atoms with E-state index in [0.717, 1.165) is 17.7 Å². The van der Waals surface area contributed by atoms with Crippen molar-refractivity contribution in [3.63, 3.8) is 0 Å². The van der Waals surface area contributed by atoms with Gasteiger partial charge in [-0.25, -0.2) is 8.42 Å². The molecule has 10 heteroatoms. The highest BCUT2D eigenvalue weighted by atomic mass is 32.2. The van der Waals surface area contributed by atoms with Gasteiger partial charge in [0.05, 0.1) is 30.0 Å². The highest BCUT2D eigenvalue weighted by Gasteiger charge is 2.29. The van der Waals surface area contributed by atoms with Crippen molar-refractivity contribution < 1.29 is 23.1 Å². The van der Waals surface area contributed by atoms with E-state index in [1.54, 1.807) is 50.3 Å². The third kappa shape index (κ3) is 5.83. The maximum Gasteiger partial charge on any atom is 0.253 e. The molecule has 0 spiro atoms. The zero-order chi connectivity index (χ0) is 25.3. The lowest BCUT2D eigenvalue weighted by Crippen LogP contribution is -2.39. The molecular weight excluding hydrogens is 468 g/mol. The number of sulfonamides is 1. The minimum Gasteiger partial charge on any atom is -0.392 e. The molecule has 0 saturated carbocycles. The van der Waals surface area contributed by atoms with Gasteiger partial charge >= 0.3 is 0 Å². The zero-order valence-corrected chi connectivity index (χ0v) is 21.1. The number of nitrogens with one attached hydrogen (secondary N) is 1. The van der Waals surface area contributed by atoms with Gasteiger partial charge < -0.3 is 14.9 Å². The minimum atomic E-state index is -3.35. The van der Waals surface area contributed by atoms with Gasteiger partial charge in [0.25, 0.3) is 5.91 Å². The van der Waals surface area contributed by atoms with Crippen molar-refractivity contribution in [2.45, 2.75) is 30.7 Å². The van der Waals surface area contributed by atoms with Gasteiger partial charge in [-0.15, -0.1) is 0 Å². The fourth-order valence-corrected chi connectivity index (χ4v) is 5.91. The number of benzene rings is 2. The molecule has 0 radical (unpaired) electrons. The van der Waals surface area contributed by atoms with Gasteiger partial charge in [0.2, 0.25) is 15.9 Å². The predicted octanol–water partition coefficient (Wildman–Crippen LogP) is 1.45. The van der Waals surface area contributed by atoms with E-state index in [2.05, 4.69) is 9.62 Å². The summed E-state index contributed by atoms with van der Waals surface area (Å²) in [5.74, 6) is -0.293. The molecule has 0 aromatic heterocycles. The van der Waals surface area contributed by atoms with E-state index in [0.29, 0.717) is 36.3 Å². The first-order valence-corrected chi connectivity index (χ1v) is 13.3. The number of aliphatic hydroxyl groups excluding tert-OH is 1. The van der Waals surface area contributed by atoms with Gasteiger partial charge in [0, 0.05) is 46.3 Å². The Labute approximate surface area is 206 Å². The fourth-order valence-electron chi connectivity index (χ4n) is 4.65. The molecule has 2 heterocycles. The fraction of sp³-hybridized carbons (Fsp3) is 0.440. The second-order valence-electron chi connectivity index (χ2n) is 9.58. The number of carbonyl (C=O) groups is 2. The van der Waals surface area contributed by atoms with Crippen LogP contribution in [0.3, 0.4) is 0 Å². The molecule has 2 aromatic rings. The van der Waals surface area contributed by atoms with E-state index < -0.39 is 10.0 Å². The van der Waals surface area contributed by atoms with Crippen molar-refractivity contribution in [3.05, 3.63) is 64.7 Å². The molecule has 1 saturated heterocycles. The third-order valence-electron chi connectivity index (χ3n) is 6.60. The van der Waals surface area contributed by atoms with Crippen LogP contribution in [-0.2, 0) is 27.0 Å². The topological polar surface area (TPSA) is 110 Å². The molecule has 35 heavy (non-hydrogen) atoms. The Morgan fingerprint density at radius 2 is 1.94 bits per heavy atom. The van der Waals surface area contributed by atoms with Gasteiger partial charge in [-0.1, -0.05) is 24.3 Å². The lowest BCUT2D eigenvalue weighted by Gasteiger charge is -2.32. The number of aliphatic hydroxyl groups is 1. The number of fused-ring (bicyclic) bond motifs is 1. The van der Waals surface area contributed by atoms with Crippen molar-refractivity contribution in [1.29, 1.82) is 0 Å². The average Bonchev–Trinajstić information content (AvgIpc) is 3.36. The summed E-state index contributed by atoms with van der Waals surface area (Å²) < 4.78 is 26.2. The van der Waals surface area contributed by atoms with Crippen LogP contribution in [0.25, 0.3) is 0 Å². The van der Waals surface area contributed by atoms with Crippen molar-refractivity contribution in [2.24, 2.45) is 0 Å². The molecule has 2 N–H and O–H groups in total. The SMILES string of the molecule is CN(C)C(=O)c1cccc([C@@H](CN2CC[C@@H](O)C2)N(C)C(=O)Cc2ccc3c(c2)NS(=O)(=O)C3)c1. The lowest BCUT2D eigenvalue weighted by atomic mass is 10.0. The molecule has 2 atom stereocenters. The molecule has 2 aliphatic heterocycles. The molecule has 4 rings (SSSR count). The van der Waals surface area contributed by atoms with Crippen molar-refractivity contribution in [1.82, 2.24) is 14.7 Å². The van der Waals surface area contributed by atoms with Gasteiger partial charge in [0.15, 0.2) is 0 Å². The molecule has 1 fully saturated rings. The second-order valence-corrected chi connectivity index (χ2v) is 11.3. The van der Waals surface area contributed by atoms with Crippen molar-refractivity contribution in [3.8, 4) is 0 Å². The first kappa shape index (κ1) is 25.2. The van der Waals surface area contributed by atoms with Gasteiger partial charge in [-0.3, -0.25) is 19.2 Å². The molecule has 2 aromatic carbocycles. The Balaban J connectivity index is 1.57. The molecule has 0 unspecified atom stereocenters. The summed E-state index contributed by atoms with van der Waals surface area (Å²) in [4.78, 5) is 31.2. The van der Waals surface area contributed by atoms with Crippen LogP contribution in [0.5, 0.6) is 0 Å². The van der Waals surface area contributed by atoms with E-state index in [-0.39, 0.29) is 36.1 Å². The Kier molecular flexibility index (Phi) is 7.16. The van der Waals surface area contributed by atoms with E-state index >= 15 is 0 Å². The number of carbonyl (C=O) groups excluding carboxylic acids is 2. The number of anilines is 1. The van der Waals surface area contributed by atoms with Gasteiger partial charge in [-0.05, 0) is 41.3 Å². The van der Waals surface area contributed by atoms with Gasteiger partial charge in [-0.2, -0.15) is 0 Å². The van der Waals surface area contributed by atoms with Crippen LogP contribution >= 0.6 is 0 Å². The maximum atomic E-state index is 13.4. The number of amides is 2. The first-order valence-electron chi connectivity index (χ1n) is 11.6.